The van der Waals surface area contributed by atoms with Gasteiger partial charge in [0.25, 0.3) is 5.92 Å². The van der Waals surface area contributed by atoms with Crippen LogP contribution < -0.4 is 21.2 Å². The van der Waals surface area contributed by atoms with Crippen LogP contribution in [0.2, 0.25) is 0 Å². The Labute approximate surface area is 149 Å². The molecule has 4 N–H and O–H groups in total. The summed E-state index contributed by atoms with van der Waals surface area (Å²) in [7, 11) is 1.56. The monoisotopic (exact) mass is 364 g/mol. The Balaban J connectivity index is 2.02. The lowest BCUT2D eigenvalue weighted by Crippen LogP contribution is -2.24. The van der Waals surface area contributed by atoms with Crippen molar-refractivity contribution in [1.29, 1.82) is 0 Å². The summed E-state index contributed by atoms with van der Waals surface area (Å²) in [6.07, 6.45) is 1.54. The van der Waals surface area contributed by atoms with E-state index in [0.717, 1.165) is 12.5 Å². The third kappa shape index (κ3) is 5.12. The summed E-state index contributed by atoms with van der Waals surface area (Å²) in [4.78, 5) is 0. The third-order valence-corrected chi connectivity index (χ3v) is 3.49. The van der Waals surface area contributed by atoms with Gasteiger partial charge in [-0.2, -0.15) is 5.10 Å². The molecule has 2 aromatic rings. The molecule has 0 saturated heterocycles. The minimum atomic E-state index is -3.04. The zero-order valence-corrected chi connectivity index (χ0v) is 14.5. The van der Waals surface area contributed by atoms with E-state index in [9.17, 15) is 8.78 Å². The van der Waals surface area contributed by atoms with Gasteiger partial charge in [-0.15, -0.1) is 0 Å². The highest BCUT2D eigenvalue weighted by Gasteiger charge is 2.27. The van der Waals surface area contributed by atoms with Crippen molar-refractivity contribution < 1.29 is 13.5 Å². The van der Waals surface area contributed by atoms with Gasteiger partial charge in [-0.25, -0.2) is 8.78 Å². The van der Waals surface area contributed by atoms with Crippen molar-refractivity contribution in [2.45, 2.75) is 12.8 Å². The number of ether oxygens (including phenoxy) is 1. The minimum Gasteiger partial charge on any atom is -0.496 e. The Morgan fingerprint density at radius 3 is 2.68 bits per heavy atom. The summed E-state index contributed by atoms with van der Waals surface area (Å²) in [6.45, 7) is 0.788. The van der Waals surface area contributed by atoms with Gasteiger partial charge >= 0.3 is 0 Å². The second-order valence-corrected chi connectivity index (χ2v) is 5.66. The van der Waals surface area contributed by atoms with Crippen LogP contribution in [0.1, 0.15) is 18.1 Å². The molecule has 8 heteroatoms. The first-order valence-corrected chi connectivity index (χ1v) is 7.73. The molecule has 0 aliphatic heterocycles. The van der Waals surface area contributed by atoms with Gasteiger partial charge < -0.3 is 15.8 Å². The van der Waals surface area contributed by atoms with E-state index < -0.39 is 5.92 Å². The van der Waals surface area contributed by atoms with Gasteiger partial charge in [0.05, 0.1) is 13.3 Å². The zero-order valence-electron chi connectivity index (χ0n) is 13.7. The highest BCUT2D eigenvalue weighted by molar-refractivity contribution is 7.80. The number of hydrogen-bond acceptors (Lipinski definition) is 4. The maximum absolute atomic E-state index is 13.5. The Morgan fingerprint density at radius 1 is 1.28 bits per heavy atom. The summed E-state index contributed by atoms with van der Waals surface area (Å²) in [5.41, 5.74) is 9.11. The summed E-state index contributed by atoms with van der Waals surface area (Å²) >= 11 is 5.10. The molecule has 0 unspecified atom stereocenters. The fourth-order valence-electron chi connectivity index (χ4n) is 2.11. The quantitative estimate of drug-likeness (QED) is 0.326. The first-order valence-electron chi connectivity index (χ1n) is 7.32. The Morgan fingerprint density at radius 2 is 2.00 bits per heavy atom. The lowest BCUT2D eigenvalue weighted by atomic mass is 10.1. The number of thiocarbonyl (C=S) groups is 1. The molecule has 0 fully saturated rings. The van der Waals surface area contributed by atoms with Gasteiger partial charge in [-0.1, -0.05) is 12.1 Å². The van der Waals surface area contributed by atoms with Crippen LogP contribution in [0.5, 0.6) is 5.75 Å². The van der Waals surface area contributed by atoms with Crippen molar-refractivity contribution in [3.63, 3.8) is 0 Å². The maximum Gasteiger partial charge on any atom is 0.272 e. The number of alkyl halides is 2. The molecule has 0 saturated carbocycles. The van der Waals surface area contributed by atoms with Crippen LogP contribution in [0, 0.1) is 0 Å². The van der Waals surface area contributed by atoms with Crippen molar-refractivity contribution in [3.05, 3.63) is 53.6 Å². The van der Waals surface area contributed by atoms with Crippen LogP contribution in [-0.4, -0.2) is 18.4 Å². The van der Waals surface area contributed by atoms with Crippen LogP contribution in [0.3, 0.4) is 0 Å². The Kier molecular flexibility index (Phi) is 5.87. The van der Waals surface area contributed by atoms with Crippen LogP contribution >= 0.6 is 12.2 Å². The first kappa shape index (κ1) is 18.6. The van der Waals surface area contributed by atoms with Crippen molar-refractivity contribution >= 4 is 34.9 Å². The first-order chi connectivity index (χ1) is 11.8. The predicted molar refractivity (Wildman–Crippen MR) is 100 cm³/mol. The van der Waals surface area contributed by atoms with E-state index in [1.807, 2.05) is 18.2 Å². The number of nitrogens with two attached hydrogens (primary N) is 1. The maximum atomic E-state index is 13.5. The van der Waals surface area contributed by atoms with Crippen LogP contribution in [0.4, 0.5) is 20.2 Å². The smallest absolute Gasteiger partial charge is 0.272 e. The van der Waals surface area contributed by atoms with Crippen molar-refractivity contribution in [2.24, 2.45) is 5.10 Å². The average Bonchev–Trinajstić information content (AvgIpc) is 2.56. The predicted octanol–water partition coefficient (Wildman–Crippen LogP) is 3.71. The number of anilines is 2. The van der Waals surface area contributed by atoms with Crippen molar-refractivity contribution in [1.82, 2.24) is 5.43 Å². The number of halogens is 2. The summed E-state index contributed by atoms with van der Waals surface area (Å²) in [5, 5.41) is 6.94. The van der Waals surface area contributed by atoms with Gasteiger partial charge in [0.15, 0.2) is 5.11 Å². The molecule has 0 heterocycles. The minimum absolute atomic E-state index is 0.0196. The molecule has 0 radical (unpaired) electrons. The molecular weight excluding hydrogens is 346 g/mol. The average molecular weight is 364 g/mol. The fourth-order valence-corrected chi connectivity index (χ4v) is 2.28. The Bertz CT molecular complexity index is 790. The lowest BCUT2D eigenvalue weighted by molar-refractivity contribution is 0.0183. The molecule has 0 spiro atoms. The van der Waals surface area contributed by atoms with Gasteiger partial charge in [0.1, 0.15) is 5.75 Å². The highest BCUT2D eigenvalue weighted by atomic mass is 32.1. The number of rotatable bonds is 5. The highest BCUT2D eigenvalue weighted by Crippen LogP contribution is 2.33. The standard InChI is InChI=1S/C17H18F2N4OS/c1-17(18,19)13-9-12(7-8-14(13)20)22-16(25)23-21-10-11-5-3-4-6-15(11)24-2/h3-10H,20H2,1-2H3,(H2,22,23,25)/b21-10+. The van der Waals surface area contributed by atoms with E-state index >= 15 is 0 Å². The molecule has 0 aliphatic carbocycles. The molecule has 2 aromatic carbocycles. The molecule has 2 rings (SSSR count). The number of hydrogen-bond donors (Lipinski definition) is 3. The molecule has 5 nitrogen and oxygen atoms in total. The van der Waals surface area contributed by atoms with Gasteiger partial charge in [0.2, 0.25) is 0 Å². The molecule has 0 atom stereocenters. The topological polar surface area (TPSA) is 71.7 Å². The number of methoxy groups -OCH3 is 1. The summed E-state index contributed by atoms with van der Waals surface area (Å²) < 4.78 is 32.2. The zero-order chi connectivity index (χ0) is 18.4. The normalized spacial score (nSPS) is 11.4. The molecular formula is C17H18F2N4OS. The number of para-hydroxylation sites is 1. The van der Waals surface area contributed by atoms with E-state index in [4.69, 9.17) is 22.7 Å². The molecule has 0 bridgehead atoms. The van der Waals surface area contributed by atoms with E-state index in [1.165, 1.54) is 12.1 Å². The lowest BCUT2D eigenvalue weighted by Gasteiger charge is -2.15. The molecule has 0 aromatic heterocycles. The van der Waals surface area contributed by atoms with E-state index in [1.54, 1.807) is 25.5 Å². The van der Waals surface area contributed by atoms with Crippen LogP contribution in [0.25, 0.3) is 0 Å². The number of hydrazone groups is 1. The number of nitrogens with zero attached hydrogens (tertiary/aromatic N) is 1. The molecule has 0 aliphatic rings. The second-order valence-electron chi connectivity index (χ2n) is 5.26. The SMILES string of the molecule is COc1ccccc1/C=N/NC(=S)Nc1ccc(N)c(C(C)(F)F)c1. The van der Waals surface area contributed by atoms with E-state index in [0.29, 0.717) is 11.4 Å². The Hall–Kier alpha value is -2.74. The summed E-state index contributed by atoms with van der Waals surface area (Å²) in [5.74, 6) is -2.38. The van der Waals surface area contributed by atoms with Crippen molar-refractivity contribution in [3.8, 4) is 5.75 Å². The molecule has 132 valence electrons. The number of nitrogen functional groups attached to an aromatic ring is 1. The number of nitrogens with one attached hydrogen (secondary N) is 2. The van der Waals surface area contributed by atoms with Crippen LogP contribution in [-0.2, 0) is 5.92 Å². The molecule has 25 heavy (non-hydrogen) atoms. The van der Waals surface area contributed by atoms with Gasteiger partial charge in [0, 0.05) is 29.4 Å². The largest absolute Gasteiger partial charge is 0.496 e. The van der Waals surface area contributed by atoms with E-state index in [2.05, 4.69) is 15.8 Å². The van der Waals surface area contributed by atoms with Crippen molar-refractivity contribution in [2.75, 3.05) is 18.2 Å². The summed E-state index contributed by atoms with van der Waals surface area (Å²) in [6, 6.07) is 11.5. The molecule has 0 amide bonds. The third-order valence-electron chi connectivity index (χ3n) is 3.29. The van der Waals surface area contributed by atoms with Gasteiger partial charge in [-0.3, -0.25) is 5.43 Å². The van der Waals surface area contributed by atoms with Gasteiger partial charge in [-0.05, 0) is 42.5 Å². The van der Waals surface area contributed by atoms with E-state index in [-0.39, 0.29) is 16.4 Å². The fraction of sp³-hybridized carbons (Fsp3) is 0.176. The number of benzene rings is 2. The van der Waals surface area contributed by atoms with Crippen LogP contribution in [0.15, 0.2) is 47.6 Å². The second kappa shape index (κ2) is 7.89.